The largest absolute Gasteiger partial charge is 0.433 e. The van der Waals surface area contributed by atoms with Crippen molar-refractivity contribution in [1.82, 2.24) is 0 Å². The average Bonchev–Trinajstić information content (AvgIpc) is 2.00. The molecule has 0 rings (SSSR count). The maximum atomic E-state index is 11.6. The Morgan fingerprint density at radius 3 is 2.00 bits per heavy atom. The molecule has 0 aromatic heterocycles. The number of ketones is 1. The van der Waals surface area contributed by atoms with Crippen LogP contribution in [0, 0.1) is 5.41 Å². The number of Topliss-reactive ketones (excluding diaryl/α,β-unsaturated/α-hetero) is 1. The molecule has 13 heavy (non-hydrogen) atoms. The number of carbonyl (C=O) groups is 2. The molecular formula is C10H16O3. The highest BCUT2D eigenvalue weighted by Crippen LogP contribution is 2.21. The molecule has 0 saturated heterocycles. The molecule has 0 bridgehead atoms. The molecule has 0 aliphatic carbocycles. The Hall–Kier alpha value is -1.12. The average molecular weight is 184 g/mol. The SMILES string of the molecule is C/C(OC=O)=C(\C)C(=O)C(C)(C)C. The highest BCUT2D eigenvalue weighted by atomic mass is 16.5. The van der Waals surface area contributed by atoms with Crippen molar-refractivity contribution in [2.45, 2.75) is 34.6 Å². The molecule has 0 spiro atoms. The number of allylic oxidation sites excluding steroid dienone is 2. The van der Waals surface area contributed by atoms with Gasteiger partial charge in [-0.15, -0.1) is 0 Å². The van der Waals surface area contributed by atoms with Crippen LogP contribution in [-0.4, -0.2) is 12.3 Å². The van der Waals surface area contributed by atoms with Crippen LogP contribution in [0.5, 0.6) is 0 Å². The first kappa shape index (κ1) is 11.9. The van der Waals surface area contributed by atoms with Crippen LogP contribution >= 0.6 is 0 Å². The van der Waals surface area contributed by atoms with Crippen LogP contribution in [0.3, 0.4) is 0 Å². The van der Waals surface area contributed by atoms with E-state index in [2.05, 4.69) is 4.74 Å². The maximum Gasteiger partial charge on any atom is 0.298 e. The fourth-order valence-corrected chi connectivity index (χ4v) is 0.883. The first-order chi connectivity index (χ1) is 5.80. The molecule has 3 nitrogen and oxygen atoms in total. The van der Waals surface area contributed by atoms with E-state index < -0.39 is 5.41 Å². The third-order valence-electron chi connectivity index (χ3n) is 1.77. The summed E-state index contributed by atoms with van der Waals surface area (Å²) in [5.41, 5.74) is 0.0667. The quantitative estimate of drug-likeness (QED) is 0.383. The van der Waals surface area contributed by atoms with Gasteiger partial charge < -0.3 is 4.74 Å². The molecule has 0 aromatic carbocycles. The Morgan fingerprint density at radius 1 is 1.23 bits per heavy atom. The van der Waals surface area contributed by atoms with E-state index >= 15 is 0 Å². The Kier molecular flexibility index (Phi) is 3.85. The van der Waals surface area contributed by atoms with Crippen LogP contribution < -0.4 is 0 Å². The van der Waals surface area contributed by atoms with Crippen molar-refractivity contribution in [2.75, 3.05) is 0 Å². The van der Waals surface area contributed by atoms with E-state index in [1.54, 1.807) is 13.8 Å². The van der Waals surface area contributed by atoms with E-state index in [0.29, 0.717) is 17.8 Å². The highest BCUT2D eigenvalue weighted by Gasteiger charge is 2.24. The lowest BCUT2D eigenvalue weighted by atomic mass is 9.86. The fourth-order valence-electron chi connectivity index (χ4n) is 0.883. The van der Waals surface area contributed by atoms with Gasteiger partial charge in [-0.3, -0.25) is 9.59 Å². The van der Waals surface area contributed by atoms with Gasteiger partial charge in [0.05, 0.1) is 0 Å². The first-order valence-electron chi connectivity index (χ1n) is 4.13. The standard InChI is InChI=1S/C10H16O3/c1-7(8(2)13-6-11)9(12)10(3,4)5/h6H,1-5H3/b8-7-. The fraction of sp³-hybridized carbons (Fsp3) is 0.600. The van der Waals surface area contributed by atoms with Gasteiger partial charge in [-0.2, -0.15) is 0 Å². The molecule has 0 radical (unpaired) electrons. The van der Waals surface area contributed by atoms with Crippen molar-refractivity contribution in [1.29, 1.82) is 0 Å². The number of carbonyl (C=O) groups excluding carboxylic acids is 2. The molecule has 3 heteroatoms. The van der Waals surface area contributed by atoms with Gasteiger partial charge in [0.15, 0.2) is 5.78 Å². The molecule has 0 saturated carbocycles. The minimum absolute atomic E-state index is 0.00755. The molecular weight excluding hydrogens is 168 g/mol. The van der Waals surface area contributed by atoms with Gasteiger partial charge in [0.25, 0.3) is 6.47 Å². The van der Waals surface area contributed by atoms with Crippen molar-refractivity contribution in [3.63, 3.8) is 0 Å². The maximum absolute atomic E-state index is 11.6. The molecule has 0 atom stereocenters. The van der Waals surface area contributed by atoms with Gasteiger partial charge in [0.1, 0.15) is 5.76 Å². The topological polar surface area (TPSA) is 43.4 Å². The van der Waals surface area contributed by atoms with Gasteiger partial charge >= 0.3 is 0 Å². The molecule has 0 aliphatic rings. The molecule has 0 N–H and O–H groups in total. The lowest BCUT2D eigenvalue weighted by Gasteiger charge is -2.17. The van der Waals surface area contributed by atoms with Crippen LogP contribution in [0.4, 0.5) is 0 Å². The predicted molar refractivity (Wildman–Crippen MR) is 50.0 cm³/mol. The van der Waals surface area contributed by atoms with E-state index in [4.69, 9.17) is 0 Å². The molecule has 0 amide bonds. The second-order valence-electron chi connectivity index (χ2n) is 3.97. The van der Waals surface area contributed by atoms with E-state index in [9.17, 15) is 9.59 Å². The Balaban J connectivity index is 4.78. The van der Waals surface area contributed by atoms with Gasteiger partial charge in [-0.1, -0.05) is 20.8 Å². The summed E-state index contributed by atoms with van der Waals surface area (Å²) in [7, 11) is 0. The van der Waals surface area contributed by atoms with E-state index in [1.807, 2.05) is 20.8 Å². The lowest BCUT2D eigenvalue weighted by molar-refractivity contribution is -0.125. The van der Waals surface area contributed by atoms with Gasteiger partial charge in [-0.25, -0.2) is 0 Å². The van der Waals surface area contributed by atoms with Gasteiger partial charge in [-0.05, 0) is 13.8 Å². The van der Waals surface area contributed by atoms with Gasteiger partial charge in [0.2, 0.25) is 0 Å². The molecule has 0 unspecified atom stereocenters. The summed E-state index contributed by atoms with van der Waals surface area (Å²) < 4.78 is 4.60. The zero-order chi connectivity index (χ0) is 10.6. The van der Waals surface area contributed by atoms with E-state index in [-0.39, 0.29) is 5.78 Å². The number of ether oxygens (including phenoxy) is 1. The molecule has 0 heterocycles. The molecule has 74 valence electrons. The van der Waals surface area contributed by atoms with E-state index in [1.165, 1.54) is 0 Å². The molecule has 0 aromatic rings. The summed E-state index contributed by atoms with van der Waals surface area (Å²) in [6.45, 7) is 9.07. The van der Waals surface area contributed by atoms with Crippen molar-refractivity contribution in [3.8, 4) is 0 Å². The summed E-state index contributed by atoms with van der Waals surface area (Å²) in [5.74, 6) is 0.363. The summed E-state index contributed by atoms with van der Waals surface area (Å²) >= 11 is 0. The second kappa shape index (κ2) is 4.21. The smallest absolute Gasteiger partial charge is 0.298 e. The zero-order valence-corrected chi connectivity index (χ0v) is 8.80. The van der Waals surface area contributed by atoms with Crippen LogP contribution in [0.25, 0.3) is 0 Å². The Labute approximate surface area is 78.8 Å². The Bertz CT molecular complexity index is 243. The first-order valence-corrected chi connectivity index (χ1v) is 4.13. The number of rotatable bonds is 3. The van der Waals surface area contributed by atoms with E-state index in [0.717, 1.165) is 0 Å². The highest BCUT2D eigenvalue weighted by molar-refractivity contribution is 5.99. The summed E-state index contributed by atoms with van der Waals surface area (Å²) in [6, 6.07) is 0. The van der Waals surface area contributed by atoms with Gasteiger partial charge in [0, 0.05) is 11.0 Å². The molecule has 0 fully saturated rings. The number of hydrogen-bond donors (Lipinski definition) is 0. The molecule has 0 aliphatic heterocycles. The van der Waals surface area contributed by atoms with Crippen LogP contribution in [0.2, 0.25) is 0 Å². The Morgan fingerprint density at radius 2 is 1.69 bits per heavy atom. The van der Waals surface area contributed by atoms with Crippen LogP contribution in [-0.2, 0) is 14.3 Å². The summed E-state index contributed by atoms with van der Waals surface area (Å²) in [6.07, 6.45) is 0. The zero-order valence-electron chi connectivity index (χ0n) is 8.80. The second-order valence-corrected chi connectivity index (χ2v) is 3.97. The third-order valence-corrected chi connectivity index (χ3v) is 1.77. The summed E-state index contributed by atoms with van der Waals surface area (Å²) in [4.78, 5) is 21.7. The number of hydrogen-bond acceptors (Lipinski definition) is 3. The minimum Gasteiger partial charge on any atom is -0.433 e. The van der Waals surface area contributed by atoms with Crippen LogP contribution in [0.15, 0.2) is 11.3 Å². The van der Waals surface area contributed by atoms with Crippen LogP contribution in [0.1, 0.15) is 34.6 Å². The van der Waals surface area contributed by atoms with Crippen molar-refractivity contribution in [2.24, 2.45) is 5.41 Å². The normalized spacial score (nSPS) is 13.3. The minimum atomic E-state index is -0.433. The lowest BCUT2D eigenvalue weighted by Crippen LogP contribution is -2.22. The monoisotopic (exact) mass is 184 g/mol. The summed E-state index contributed by atoms with van der Waals surface area (Å²) in [5, 5.41) is 0. The van der Waals surface area contributed by atoms with Crippen molar-refractivity contribution < 1.29 is 14.3 Å². The third kappa shape index (κ3) is 3.40. The predicted octanol–water partition coefficient (Wildman–Crippen LogP) is 2.07. The van der Waals surface area contributed by atoms with Crippen molar-refractivity contribution >= 4 is 12.3 Å². The van der Waals surface area contributed by atoms with Crippen molar-refractivity contribution in [3.05, 3.63) is 11.3 Å².